The number of ether oxygens (including phenoxy) is 1. The maximum atomic E-state index is 5.56. The van der Waals surface area contributed by atoms with Crippen molar-refractivity contribution in [3.8, 4) is 5.75 Å². The van der Waals surface area contributed by atoms with Gasteiger partial charge in [-0.05, 0) is 57.0 Å². The Labute approximate surface area is 110 Å². The maximum absolute atomic E-state index is 5.56. The van der Waals surface area contributed by atoms with E-state index in [4.69, 9.17) is 4.74 Å². The maximum Gasteiger partial charge on any atom is 0.142 e. The van der Waals surface area contributed by atoms with E-state index < -0.39 is 0 Å². The highest BCUT2D eigenvalue weighted by atomic mass is 16.5. The first-order chi connectivity index (χ1) is 8.67. The van der Waals surface area contributed by atoms with Crippen LogP contribution < -0.4 is 15.0 Å². The lowest BCUT2D eigenvalue weighted by Gasteiger charge is -2.37. The van der Waals surface area contributed by atoms with E-state index >= 15 is 0 Å². The molecule has 1 atom stereocenters. The summed E-state index contributed by atoms with van der Waals surface area (Å²) in [5.41, 5.74) is 4.00. The average molecular weight is 248 g/mol. The van der Waals surface area contributed by atoms with E-state index in [9.17, 15) is 0 Å². The van der Waals surface area contributed by atoms with Gasteiger partial charge in [0.2, 0.25) is 0 Å². The van der Waals surface area contributed by atoms with Gasteiger partial charge in [0, 0.05) is 13.1 Å². The lowest BCUT2D eigenvalue weighted by molar-refractivity contribution is 0.407. The van der Waals surface area contributed by atoms with E-state index in [1.165, 1.54) is 29.7 Å². The van der Waals surface area contributed by atoms with Crippen LogP contribution in [-0.2, 0) is 6.42 Å². The van der Waals surface area contributed by atoms with Gasteiger partial charge in [-0.3, -0.25) is 0 Å². The van der Waals surface area contributed by atoms with Crippen molar-refractivity contribution in [2.45, 2.75) is 32.2 Å². The van der Waals surface area contributed by atoms with Crippen molar-refractivity contribution >= 4 is 5.69 Å². The molecule has 100 valence electrons. The molecule has 1 N–H and O–H groups in total. The smallest absolute Gasteiger partial charge is 0.142 e. The van der Waals surface area contributed by atoms with E-state index in [1.54, 1.807) is 7.11 Å². The predicted molar refractivity (Wildman–Crippen MR) is 76.8 cm³/mol. The van der Waals surface area contributed by atoms with Gasteiger partial charge in [0.1, 0.15) is 5.75 Å². The molecular weight excluding hydrogens is 224 g/mol. The van der Waals surface area contributed by atoms with Gasteiger partial charge in [-0.1, -0.05) is 6.07 Å². The second-order valence-corrected chi connectivity index (χ2v) is 5.17. The van der Waals surface area contributed by atoms with Gasteiger partial charge in [0.05, 0.1) is 12.8 Å². The van der Waals surface area contributed by atoms with Crippen LogP contribution >= 0.6 is 0 Å². The molecule has 1 aromatic rings. The van der Waals surface area contributed by atoms with Gasteiger partial charge in [-0.25, -0.2) is 0 Å². The van der Waals surface area contributed by atoms with Crippen LogP contribution in [0, 0.1) is 6.92 Å². The van der Waals surface area contributed by atoms with Crippen LogP contribution in [0.15, 0.2) is 12.1 Å². The van der Waals surface area contributed by atoms with Crippen LogP contribution in [0.25, 0.3) is 0 Å². The number of aryl methyl sites for hydroxylation is 2. The summed E-state index contributed by atoms with van der Waals surface area (Å²) in [7, 11) is 5.97. The van der Waals surface area contributed by atoms with Gasteiger partial charge in [-0.15, -0.1) is 0 Å². The summed E-state index contributed by atoms with van der Waals surface area (Å²) in [6.07, 6.45) is 3.58. The first-order valence-corrected chi connectivity index (χ1v) is 6.72. The Morgan fingerprint density at radius 2 is 2.22 bits per heavy atom. The fourth-order valence-corrected chi connectivity index (χ4v) is 2.91. The molecule has 1 heterocycles. The molecule has 2 rings (SSSR count). The van der Waals surface area contributed by atoms with E-state index in [0.29, 0.717) is 6.04 Å². The Kier molecular flexibility index (Phi) is 4.12. The Hall–Kier alpha value is -1.22. The number of hydrogen-bond donors (Lipinski definition) is 1. The summed E-state index contributed by atoms with van der Waals surface area (Å²) in [5.74, 6) is 1.02. The molecule has 0 amide bonds. The van der Waals surface area contributed by atoms with E-state index in [0.717, 1.165) is 18.7 Å². The molecule has 18 heavy (non-hydrogen) atoms. The minimum atomic E-state index is 0.613. The van der Waals surface area contributed by atoms with Crippen LogP contribution in [-0.4, -0.2) is 33.8 Å². The van der Waals surface area contributed by atoms with Gasteiger partial charge < -0.3 is 15.0 Å². The molecule has 0 fully saturated rings. The van der Waals surface area contributed by atoms with Crippen molar-refractivity contribution < 1.29 is 4.74 Å². The van der Waals surface area contributed by atoms with Crippen molar-refractivity contribution in [1.29, 1.82) is 0 Å². The lowest BCUT2D eigenvalue weighted by Crippen LogP contribution is -2.38. The molecule has 1 aliphatic heterocycles. The topological polar surface area (TPSA) is 24.5 Å². The summed E-state index contributed by atoms with van der Waals surface area (Å²) >= 11 is 0. The molecule has 1 aliphatic rings. The van der Waals surface area contributed by atoms with Crippen LogP contribution in [0.4, 0.5) is 5.69 Å². The molecule has 3 heteroatoms. The molecule has 0 aliphatic carbocycles. The number of hydrogen-bond acceptors (Lipinski definition) is 3. The van der Waals surface area contributed by atoms with Gasteiger partial charge in [0.15, 0.2) is 0 Å². The monoisotopic (exact) mass is 248 g/mol. The van der Waals surface area contributed by atoms with Crippen LogP contribution in [0.5, 0.6) is 5.75 Å². The first kappa shape index (κ1) is 13.2. The summed E-state index contributed by atoms with van der Waals surface area (Å²) in [6, 6.07) is 5.04. The van der Waals surface area contributed by atoms with Crippen molar-refractivity contribution in [1.82, 2.24) is 5.32 Å². The molecule has 0 bridgehead atoms. The number of benzene rings is 1. The number of nitrogens with one attached hydrogen (secondary N) is 1. The van der Waals surface area contributed by atoms with Crippen molar-refractivity contribution in [2.75, 3.05) is 32.6 Å². The Bertz CT molecular complexity index is 400. The minimum absolute atomic E-state index is 0.613. The molecule has 1 unspecified atom stereocenters. The number of methoxy groups -OCH3 is 1. The number of fused-ring (bicyclic) bond motifs is 1. The largest absolute Gasteiger partial charge is 0.495 e. The standard InChI is InChI=1S/C15H24N2O/c1-11-9-12-5-6-13(7-8-16-2)17(3)15(12)14(10-11)18-4/h9-10,13,16H,5-8H2,1-4H3. The quantitative estimate of drug-likeness (QED) is 0.885. The van der Waals surface area contributed by atoms with Crippen molar-refractivity contribution in [2.24, 2.45) is 0 Å². The molecule has 0 spiro atoms. The Balaban J connectivity index is 2.29. The molecule has 3 nitrogen and oxygen atoms in total. The van der Waals surface area contributed by atoms with Gasteiger partial charge in [-0.2, -0.15) is 0 Å². The van der Waals surface area contributed by atoms with Crippen LogP contribution in [0.1, 0.15) is 24.0 Å². The lowest BCUT2D eigenvalue weighted by atomic mass is 9.92. The van der Waals surface area contributed by atoms with Crippen molar-refractivity contribution in [3.63, 3.8) is 0 Å². The number of nitrogens with zero attached hydrogens (tertiary/aromatic N) is 1. The van der Waals surface area contributed by atoms with Crippen LogP contribution in [0.3, 0.4) is 0 Å². The van der Waals surface area contributed by atoms with Gasteiger partial charge in [0.25, 0.3) is 0 Å². The summed E-state index contributed by atoms with van der Waals surface area (Å²) in [4.78, 5) is 2.40. The highest BCUT2D eigenvalue weighted by molar-refractivity contribution is 5.66. The minimum Gasteiger partial charge on any atom is -0.495 e. The van der Waals surface area contributed by atoms with E-state index in [2.05, 4.69) is 36.3 Å². The SMILES string of the molecule is CNCCC1CCc2cc(C)cc(OC)c2N1C. The zero-order valence-corrected chi connectivity index (χ0v) is 11.9. The molecule has 0 aromatic heterocycles. The van der Waals surface area contributed by atoms with E-state index in [-0.39, 0.29) is 0 Å². The number of anilines is 1. The zero-order chi connectivity index (χ0) is 13.1. The third kappa shape index (κ3) is 2.46. The predicted octanol–water partition coefficient (Wildman–Crippen LogP) is 2.36. The normalized spacial score (nSPS) is 18.7. The first-order valence-electron chi connectivity index (χ1n) is 6.72. The average Bonchev–Trinajstić information content (AvgIpc) is 2.36. The third-order valence-electron chi connectivity index (χ3n) is 3.89. The molecule has 0 saturated carbocycles. The third-order valence-corrected chi connectivity index (χ3v) is 3.89. The highest BCUT2D eigenvalue weighted by Gasteiger charge is 2.26. The molecular formula is C15H24N2O. The molecule has 0 radical (unpaired) electrons. The van der Waals surface area contributed by atoms with E-state index in [1.807, 2.05) is 7.05 Å². The Morgan fingerprint density at radius 1 is 1.44 bits per heavy atom. The van der Waals surface area contributed by atoms with Gasteiger partial charge >= 0.3 is 0 Å². The molecule has 1 aromatic carbocycles. The second-order valence-electron chi connectivity index (χ2n) is 5.17. The van der Waals surface area contributed by atoms with Crippen LogP contribution in [0.2, 0.25) is 0 Å². The fourth-order valence-electron chi connectivity index (χ4n) is 2.91. The fraction of sp³-hybridized carbons (Fsp3) is 0.600. The van der Waals surface area contributed by atoms with Crippen molar-refractivity contribution in [3.05, 3.63) is 23.3 Å². The summed E-state index contributed by atoms with van der Waals surface area (Å²) < 4.78 is 5.56. The second kappa shape index (κ2) is 5.61. The highest BCUT2D eigenvalue weighted by Crippen LogP contribution is 2.39. The Morgan fingerprint density at radius 3 is 2.89 bits per heavy atom. The summed E-state index contributed by atoms with van der Waals surface area (Å²) in [5, 5.41) is 3.24. The summed E-state index contributed by atoms with van der Waals surface area (Å²) in [6.45, 7) is 3.20. The zero-order valence-electron chi connectivity index (χ0n) is 11.9. The number of rotatable bonds is 4. The molecule has 0 saturated heterocycles.